The van der Waals surface area contributed by atoms with Crippen molar-refractivity contribution >= 4 is 0 Å². The molecule has 0 bridgehead atoms. The molecule has 0 rings (SSSR count). The quantitative estimate of drug-likeness (QED) is 0.428. The number of rotatable bonds is 4. The van der Waals surface area contributed by atoms with Crippen LogP contribution >= 0.6 is 0 Å². The Morgan fingerprint density at radius 1 is 1.60 bits per heavy atom. The zero-order valence-electron chi connectivity index (χ0n) is 6.63. The van der Waals surface area contributed by atoms with Crippen LogP contribution in [0.5, 0.6) is 0 Å². The second-order valence-electron chi connectivity index (χ2n) is 1.75. The van der Waals surface area contributed by atoms with Crippen LogP contribution in [0.1, 0.15) is 13.8 Å². The average Bonchev–Trinajstić information content (AvgIpc) is 1.99. The maximum atomic E-state index is 5.00. The van der Waals surface area contributed by atoms with Crippen molar-refractivity contribution in [2.75, 3.05) is 6.61 Å². The topological polar surface area (TPSA) is 9.23 Å². The molecule has 0 unspecified atom stereocenters. The third-order valence-corrected chi connectivity index (χ3v) is 1.09. The van der Waals surface area contributed by atoms with Gasteiger partial charge in [0.1, 0.15) is 0 Å². The first-order chi connectivity index (χ1) is 4.85. The van der Waals surface area contributed by atoms with Crippen molar-refractivity contribution < 1.29 is 4.74 Å². The lowest BCUT2D eigenvalue weighted by Gasteiger charge is -1.92. The predicted molar refractivity (Wildman–Crippen MR) is 44.7 cm³/mol. The highest BCUT2D eigenvalue weighted by Gasteiger charge is 1.78. The van der Waals surface area contributed by atoms with Gasteiger partial charge < -0.3 is 4.74 Å². The van der Waals surface area contributed by atoms with E-state index < -0.39 is 0 Å². The third-order valence-electron chi connectivity index (χ3n) is 1.09. The maximum absolute atomic E-state index is 5.00. The van der Waals surface area contributed by atoms with Gasteiger partial charge in [-0.2, -0.15) is 0 Å². The van der Waals surface area contributed by atoms with Gasteiger partial charge in [0, 0.05) is 0 Å². The second kappa shape index (κ2) is 6.14. The van der Waals surface area contributed by atoms with Crippen LogP contribution in [0.15, 0.2) is 36.6 Å². The number of hydrogen-bond acceptors (Lipinski definition) is 1. The Labute approximate surface area is 62.7 Å². The predicted octanol–water partition coefficient (Wildman–Crippen LogP) is 2.67. The van der Waals surface area contributed by atoms with Crippen molar-refractivity contribution in [1.29, 1.82) is 0 Å². The summed E-state index contributed by atoms with van der Waals surface area (Å²) in [5.41, 5.74) is 1.08. The summed E-state index contributed by atoms with van der Waals surface area (Å²) in [5, 5.41) is 0. The van der Waals surface area contributed by atoms with Gasteiger partial charge in [0.05, 0.1) is 12.9 Å². The number of hydrogen-bond donors (Lipinski definition) is 0. The van der Waals surface area contributed by atoms with Crippen LogP contribution in [0.4, 0.5) is 0 Å². The minimum Gasteiger partial charge on any atom is -0.501 e. The van der Waals surface area contributed by atoms with Gasteiger partial charge in [-0.1, -0.05) is 18.7 Å². The van der Waals surface area contributed by atoms with Crippen molar-refractivity contribution in [1.82, 2.24) is 0 Å². The van der Waals surface area contributed by atoms with Crippen molar-refractivity contribution in [2.45, 2.75) is 13.8 Å². The minimum atomic E-state index is 0.713. The molecule has 0 heterocycles. The van der Waals surface area contributed by atoms with E-state index in [0.717, 1.165) is 5.57 Å². The summed E-state index contributed by atoms with van der Waals surface area (Å²) in [7, 11) is 0. The molecule has 0 atom stereocenters. The van der Waals surface area contributed by atoms with Gasteiger partial charge in [-0.25, -0.2) is 0 Å². The molecular formula is C9H14O. The highest BCUT2D eigenvalue weighted by molar-refractivity contribution is 5.27. The molecule has 0 N–H and O–H groups in total. The fourth-order valence-electron chi connectivity index (χ4n) is 0.505. The van der Waals surface area contributed by atoms with E-state index in [1.54, 1.807) is 12.3 Å². The van der Waals surface area contributed by atoms with Gasteiger partial charge in [-0.15, -0.1) is 0 Å². The van der Waals surface area contributed by atoms with E-state index in [4.69, 9.17) is 4.74 Å². The van der Waals surface area contributed by atoms with Crippen molar-refractivity contribution in [3.8, 4) is 0 Å². The summed E-state index contributed by atoms with van der Waals surface area (Å²) < 4.78 is 5.00. The van der Waals surface area contributed by atoms with Crippen molar-refractivity contribution in [3.63, 3.8) is 0 Å². The molecule has 1 nitrogen and oxygen atoms in total. The van der Waals surface area contributed by atoms with E-state index in [2.05, 4.69) is 6.58 Å². The maximum Gasteiger partial charge on any atom is 0.0845 e. The lowest BCUT2D eigenvalue weighted by molar-refractivity contribution is 0.269. The standard InChI is InChI=1S/C9H14O/c1-4-9(5-2)7-8-10-6-3/h4-5,7-8H,1,6H2,2-3H3. The van der Waals surface area contributed by atoms with Crippen LogP contribution < -0.4 is 0 Å². The van der Waals surface area contributed by atoms with E-state index >= 15 is 0 Å². The van der Waals surface area contributed by atoms with Gasteiger partial charge in [-0.05, 0) is 25.5 Å². The normalized spacial score (nSPS) is 12.0. The first-order valence-corrected chi connectivity index (χ1v) is 3.42. The molecule has 0 radical (unpaired) electrons. The molecule has 0 aromatic heterocycles. The molecule has 0 spiro atoms. The molecule has 56 valence electrons. The first kappa shape index (κ1) is 9.02. The molecule has 0 aliphatic rings. The summed E-state index contributed by atoms with van der Waals surface area (Å²) in [6.07, 6.45) is 7.32. The zero-order chi connectivity index (χ0) is 7.82. The van der Waals surface area contributed by atoms with Crippen LogP contribution in [0, 0.1) is 0 Å². The molecule has 0 amide bonds. The molecule has 0 saturated carbocycles. The van der Waals surface area contributed by atoms with Gasteiger partial charge in [0.25, 0.3) is 0 Å². The molecule has 0 aliphatic heterocycles. The average molecular weight is 138 g/mol. The van der Waals surface area contributed by atoms with Crippen LogP contribution in [0.25, 0.3) is 0 Å². The molecular weight excluding hydrogens is 124 g/mol. The smallest absolute Gasteiger partial charge is 0.0845 e. The highest BCUT2D eigenvalue weighted by Crippen LogP contribution is 1.96. The summed E-state index contributed by atoms with van der Waals surface area (Å²) in [5.74, 6) is 0. The SMILES string of the molecule is C=CC(C=COCC)=CC. The summed E-state index contributed by atoms with van der Waals surface area (Å²) in [6, 6.07) is 0. The van der Waals surface area contributed by atoms with E-state index in [-0.39, 0.29) is 0 Å². The molecule has 0 saturated heterocycles. The zero-order valence-corrected chi connectivity index (χ0v) is 6.63. The van der Waals surface area contributed by atoms with E-state index in [9.17, 15) is 0 Å². The Hall–Kier alpha value is -0.980. The molecule has 0 fully saturated rings. The van der Waals surface area contributed by atoms with Gasteiger partial charge in [0.2, 0.25) is 0 Å². The fraction of sp³-hybridized carbons (Fsp3) is 0.333. The second-order valence-corrected chi connectivity index (χ2v) is 1.75. The van der Waals surface area contributed by atoms with Gasteiger partial charge in [0.15, 0.2) is 0 Å². The number of allylic oxidation sites excluding steroid dienone is 4. The first-order valence-electron chi connectivity index (χ1n) is 3.42. The van der Waals surface area contributed by atoms with E-state index in [0.29, 0.717) is 6.61 Å². The van der Waals surface area contributed by atoms with Gasteiger partial charge >= 0.3 is 0 Å². The highest BCUT2D eigenvalue weighted by atomic mass is 16.5. The van der Waals surface area contributed by atoms with E-state index in [1.807, 2.05) is 26.0 Å². The Balaban J connectivity index is 3.74. The van der Waals surface area contributed by atoms with Crippen LogP contribution in [-0.2, 0) is 4.74 Å². The Morgan fingerprint density at radius 2 is 2.30 bits per heavy atom. The molecule has 1 heteroatoms. The Morgan fingerprint density at radius 3 is 2.70 bits per heavy atom. The van der Waals surface area contributed by atoms with Crippen LogP contribution in [-0.4, -0.2) is 6.61 Å². The van der Waals surface area contributed by atoms with E-state index in [1.165, 1.54) is 0 Å². The van der Waals surface area contributed by atoms with Crippen molar-refractivity contribution in [2.24, 2.45) is 0 Å². The fourth-order valence-corrected chi connectivity index (χ4v) is 0.505. The summed E-state index contributed by atoms with van der Waals surface area (Å²) in [6.45, 7) is 8.27. The third kappa shape index (κ3) is 3.96. The lowest BCUT2D eigenvalue weighted by Crippen LogP contribution is -1.77. The van der Waals surface area contributed by atoms with Crippen LogP contribution in [0.2, 0.25) is 0 Å². The Bertz CT molecular complexity index is 143. The van der Waals surface area contributed by atoms with Crippen LogP contribution in [0.3, 0.4) is 0 Å². The van der Waals surface area contributed by atoms with Gasteiger partial charge in [-0.3, -0.25) is 0 Å². The molecule has 0 aliphatic carbocycles. The summed E-state index contributed by atoms with van der Waals surface area (Å²) >= 11 is 0. The largest absolute Gasteiger partial charge is 0.501 e. The molecule has 0 aromatic rings. The number of ether oxygens (including phenoxy) is 1. The summed E-state index contributed by atoms with van der Waals surface area (Å²) in [4.78, 5) is 0. The Kier molecular flexibility index (Phi) is 5.54. The monoisotopic (exact) mass is 138 g/mol. The van der Waals surface area contributed by atoms with Crippen molar-refractivity contribution in [3.05, 3.63) is 36.6 Å². The molecule has 0 aromatic carbocycles. The lowest BCUT2D eigenvalue weighted by atomic mass is 10.2. The minimum absolute atomic E-state index is 0.713. The molecule has 10 heavy (non-hydrogen) atoms.